The SMILES string of the molecule is CC(C)(CC(O)(Cc1ccccc1Br)C(=O)O)c1cc(F)ccc1O. The van der Waals surface area contributed by atoms with Crippen LogP contribution in [0.4, 0.5) is 4.39 Å². The van der Waals surface area contributed by atoms with Crippen molar-refractivity contribution in [3.8, 4) is 5.75 Å². The molecule has 0 aliphatic carbocycles. The van der Waals surface area contributed by atoms with Crippen molar-refractivity contribution in [2.75, 3.05) is 0 Å². The van der Waals surface area contributed by atoms with Crippen LogP contribution in [0, 0.1) is 5.82 Å². The number of phenols is 1. The smallest absolute Gasteiger partial charge is 0.336 e. The van der Waals surface area contributed by atoms with Crippen molar-refractivity contribution in [2.45, 2.75) is 37.7 Å². The number of carbonyl (C=O) groups is 1. The lowest BCUT2D eigenvalue weighted by molar-refractivity contribution is -0.160. The van der Waals surface area contributed by atoms with E-state index in [-0.39, 0.29) is 24.2 Å². The highest BCUT2D eigenvalue weighted by Gasteiger charge is 2.43. The van der Waals surface area contributed by atoms with E-state index in [1.54, 1.807) is 38.1 Å². The van der Waals surface area contributed by atoms with Crippen molar-refractivity contribution in [3.05, 3.63) is 63.9 Å². The molecular weight excluding hydrogens is 391 g/mol. The van der Waals surface area contributed by atoms with Crippen LogP contribution in [0.5, 0.6) is 5.75 Å². The Morgan fingerprint density at radius 1 is 1.20 bits per heavy atom. The van der Waals surface area contributed by atoms with Crippen LogP contribution in [0.1, 0.15) is 31.4 Å². The first-order valence-electron chi connectivity index (χ1n) is 7.73. The largest absolute Gasteiger partial charge is 0.508 e. The standard InChI is InChI=1S/C19H20BrFO4/c1-18(2,14-9-13(21)7-8-16(14)22)11-19(25,17(23)24)10-12-5-3-4-6-15(12)20/h3-9,22,25H,10-11H2,1-2H3,(H,23,24). The summed E-state index contributed by atoms with van der Waals surface area (Å²) in [4.78, 5) is 11.8. The molecule has 6 heteroatoms. The molecule has 0 saturated heterocycles. The van der Waals surface area contributed by atoms with E-state index in [0.29, 0.717) is 10.0 Å². The number of aliphatic carboxylic acids is 1. The summed E-state index contributed by atoms with van der Waals surface area (Å²) in [5, 5.41) is 30.5. The predicted molar refractivity (Wildman–Crippen MR) is 96.1 cm³/mol. The molecule has 0 aliphatic rings. The van der Waals surface area contributed by atoms with Gasteiger partial charge < -0.3 is 15.3 Å². The molecule has 2 rings (SSSR count). The number of hydrogen-bond acceptors (Lipinski definition) is 3. The molecule has 0 saturated carbocycles. The molecule has 0 radical (unpaired) electrons. The molecule has 2 aromatic rings. The van der Waals surface area contributed by atoms with E-state index in [1.165, 1.54) is 6.07 Å². The van der Waals surface area contributed by atoms with Gasteiger partial charge in [-0.05, 0) is 41.7 Å². The molecule has 2 aromatic carbocycles. The van der Waals surface area contributed by atoms with E-state index in [2.05, 4.69) is 15.9 Å². The van der Waals surface area contributed by atoms with Crippen LogP contribution in [0.15, 0.2) is 46.9 Å². The van der Waals surface area contributed by atoms with Crippen LogP contribution >= 0.6 is 15.9 Å². The predicted octanol–water partition coefficient (Wildman–Crippen LogP) is 4.02. The third kappa shape index (κ3) is 4.38. The highest BCUT2D eigenvalue weighted by Crippen LogP contribution is 2.39. The zero-order valence-electron chi connectivity index (χ0n) is 14.0. The summed E-state index contributed by atoms with van der Waals surface area (Å²) in [6, 6.07) is 10.6. The van der Waals surface area contributed by atoms with Gasteiger partial charge in [-0.15, -0.1) is 0 Å². The number of benzene rings is 2. The van der Waals surface area contributed by atoms with Gasteiger partial charge in [0.05, 0.1) is 0 Å². The fraction of sp³-hybridized carbons (Fsp3) is 0.316. The molecule has 0 aliphatic heterocycles. The van der Waals surface area contributed by atoms with Gasteiger partial charge in [0.1, 0.15) is 11.6 Å². The summed E-state index contributed by atoms with van der Waals surface area (Å²) in [6.07, 6.45) is -0.322. The maximum Gasteiger partial charge on any atom is 0.336 e. The molecule has 25 heavy (non-hydrogen) atoms. The number of hydrogen-bond donors (Lipinski definition) is 3. The minimum Gasteiger partial charge on any atom is -0.508 e. The quantitative estimate of drug-likeness (QED) is 0.671. The van der Waals surface area contributed by atoms with Gasteiger partial charge in [-0.25, -0.2) is 9.18 Å². The number of carboxylic acids is 1. The zero-order chi connectivity index (χ0) is 18.8. The molecule has 4 nitrogen and oxygen atoms in total. The van der Waals surface area contributed by atoms with Gasteiger partial charge in [0, 0.05) is 16.5 Å². The van der Waals surface area contributed by atoms with Crippen LogP contribution < -0.4 is 0 Å². The fourth-order valence-electron chi connectivity index (χ4n) is 3.05. The summed E-state index contributed by atoms with van der Waals surface area (Å²) in [5.41, 5.74) is -2.15. The number of aliphatic hydroxyl groups is 1. The average molecular weight is 411 g/mol. The number of aromatic hydroxyl groups is 1. The van der Waals surface area contributed by atoms with Crippen molar-refractivity contribution >= 4 is 21.9 Å². The number of phenolic OH excluding ortho intramolecular Hbond substituents is 1. The van der Waals surface area contributed by atoms with Crippen molar-refractivity contribution < 1.29 is 24.5 Å². The lowest BCUT2D eigenvalue weighted by atomic mass is 9.73. The lowest BCUT2D eigenvalue weighted by Gasteiger charge is -2.34. The topological polar surface area (TPSA) is 77.8 Å². The Morgan fingerprint density at radius 3 is 2.44 bits per heavy atom. The van der Waals surface area contributed by atoms with Gasteiger partial charge >= 0.3 is 5.97 Å². The van der Waals surface area contributed by atoms with E-state index >= 15 is 0 Å². The molecule has 0 aromatic heterocycles. The second kappa shape index (κ2) is 7.14. The van der Waals surface area contributed by atoms with E-state index in [0.717, 1.165) is 12.1 Å². The van der Waals surface area contributed by atoms with Crippen LogP contribution in [0.2, 0.25) is 0 Å². The molecule has 0 fully saturated rings. The Hall–Kier alpha value is -1.92. The van der Waals surface area contributed by atoms with Crippen LogP contribution in [0.25, 0.3) is 0 Å². The van der Waals surface area contributed by atoms with Crippen LogP contribution in [-0.2, 0) is 16.6 Å². The van der Waals surface area contributed by atoms with E-state index in [1.807, 2.05) is 0 Å². The van der Waals surface area contributed by atoms with Crippen molar-refractivity contribution in [2.24, 2.45) is 0 Å². The average Bonchev–Trinajstić information content (AvgIpc) is 2.51. The van der Waals surface area contributed by atoms with Gasteiger partial charge in [-0.1, -0.05) is 48.0 Å². The highest BCUT2D eigenvalue weighted by molar-refractivity contribution is 9.10. The third-order valence-electron chi connectivity index (χ3n) is 4.26. The number of rotatable bonds is 6. The van der Waals surface area contributed by atoms with Crippen molar-refractivity contribution in [3.63, 3.8) is 0 Å². The molecule has 0 heterocycles. The summed E-state index contributed by atoms with van der Waals surface area (Å²) in [6.45, 7) is 3.32. The number of halogens is 2. The minimum absolute atomic E-state index is 0.122. The number of carboxylic acid groups (broad SMARTS) is 1. The van der Waals surface area contributed by atoms with Crippen LogP contribution in [-0.4, -0.2) is 26.9 Å². The summed E-state index contributed by atoms with van der Waals surface area (Å²) < 4.78 is 14.3. The maximum absolute atomic E-state index is 13.6. The molecule has 1 unspecified atom stereocenters. The Kier molecular flexibility index (Phi) is 5.54. The summed E-state index contributed by atoms with van der Waals surface area (Å²) in [7, 11) is 0. The first-order valence-corrected chi connectivity index (χ1v) is 8.53. The molecule has 0 spiro atoms. The highest BCUT2D eigenvalue weighted by atomic mass is 79.9. The van der Waals surface area contributed by atoms with Crippen molar-refractivity contribution in [1.82, 2.24) is 0 Å². The van der Waals surface area contributed by atoms with E-state index < -0.39 is 22.8 Å². The molecule has 0 bridgehead atoms. The van der Waals surface area contributed by atoms with E-state index in [4.69, 9.17) is 0 Å². The Bertz CT molecular complexity index is 791. The molecule has 3 N–H and O–H groups in total. The van der Waals surface area contributed by atoms with Gasteiger partial charge in [0.15, 0.2) is 5.60 Å². The fourth-order valence-corrected chi connectivity index (χ4v) is 3.47. The zero-order valence-corrected chi connectivity index (χ0v) is 15.5. The van der Waals surface area contributed by atoms with Gasteiger partial charge in [0.25, 0.3) is 0 Å². The molecule has 0 amide bonds. The Balaban J connectivity index is 2.39. The van der Waals surface area contributed by atoms with Gasteiger partial charge in [-0.2, -0.15) is 0 Å². The second-order valence-corrected chi connectivity index (χ2v) is 7.68. The first-order chi connectivity index (χ1) is 11.5. The van der Waals surface area contributed by atoms with Gasteiger partial charge in [0.2, 0.25) is 0 Å². The van der Waals surface area contributed by atoms with Crippen molar-refractivity contribution in [1.29, 1.82) is 0 Å². The Morgan fingerprint density at radius 2 is 1.84 bits per heavy atom. The molecule has 134 valence electrons. The summed E-state index contributed by atoms with van der Waals surface area (Å²) in [5.74, 6) is -2.04. The summed E-state index contributed by atoms with van der Waals surface area (Å²) >= 11 is 3.35. The molecular formula is C19H20BrFO4. The van der Waals surface area contributed by atoms with Gasteiger partial charge in [-0.3, -0.25) is 0 Å². The third-order valence-corrected chi connectivity index (χ3v) is 5.03. The normalized spacial score (nSPS) is 14.1. The Labute approximate surface area is 154 Å². The van der Waals surface area contributed by atoms with Crippen LogP contribution in [0.3, 0.4) is 0 Å². The van der Waals surface area contributed by atoms with E-state index in [9.17, 15) is 24.5 Å². The second-order valence-electron chi connectivity index (χ2n) is 6.83. The monoisotopic (exact) mass is 410 g/mol. The molecule has 1 atom stereocenters. The first kappa shape index (κ1) is 19.4. The minimum atomic E-state index is -2.08. The lowest BCUT2D eigenvalue weighted by Crippen LogP contribution is -2.45. The maximum atomic E-state index is 13.6.